The largest absolute Gasteiger partial charge is 0.380 e. The third-order valence-corrected chi connectivity index (χ3v) is 4.29. The second-order valence-corrected chi connectivity index (χ2v) is 7.02. The van der Waals surface area contributed by atoms with Crippen molar-refractivity contribution < 1.29 is 8.42 Å². The number of benzene rings is 1. The van der Waals surface area contributed by atoms with Gasteiger partial charge in [-0.15, -0.1) is 11.3 Å². The summed E-state index contributed by atoms with van der Waals surface area (Å²) in [7, 11) is -3.49. The molecule has 0 aliphatic heterocycles. The fourth-order valence-corrected chi connectivity index (χ4v) is 3.07. The zero-order valence-electron chi connectivity index (χ0n) is 10.5. The molecule has 1 aromatic heterocycles. The van der Waals surface area contributed by atoms with Gasteiger partial charge in [-0.2, -0.15) is 5.26 Å². The van der Waals surface area contributed by atoms with Gasteiger partial charge in [0, 0.05) is 17.1 Å². The molecule has 3 N–H and O–H groups in total. The number of nitrogens with zero attached hydrogens (tertiary/aromatic N) is 1. The van der Waals surface area contributed by atoms with Crippen molar-refractivity contribution in [3.05, 3.63) is 51.7 Å². The Morgan fingerprint density at radius 1 is 1.20 bits per heavy atom. The SMILES string of the molecule is N#Cc1ccc(CNc2ccc(CS(N)(=O)=O)cc2)s1. The fourth-order valence-electron chi connectivity index (χ4n) is 1.67. The molecule has 1 heterocycles. The van der Waals surface area contributed by atoms with Crippen LogP contribution >= 0.6 is 11.3 Å². The van der Waals surface area contributed by atoms with Crippen LogP contribution in [0.5, 0.6) is 0 Å². The number of rotatable bonds is 5. The van der Waals surface area contributed by atoms with Crippen LogP contribution in [0.3, 0.4) is 0 Å². The lowest BCUT2D eigenvalue weighted by molar-refractivity contribution is 0.597. The summed E-state index contributed by atoms with van der Waals surface area (Å²) in [5.41, 5.74) is 1.54. The molecule has 0 saturated heterocycles. The van der Waals surface area contributed by atoms with E-state index >= 15 is 0 Å². The lowest BCUT2D eigenvalue weighted by Crippen LogP contribution is -2.14. The van der Waals surface area contributed by atoms with Gasteiger partial charge in [0.15, 0.2) is 0 Å². The minimum atomic E-state index is -3.49. The topological polar surface area (TPSA) is 96.0 Å². The molecule has 0 unspecified atom stereocenters. The Bertz CT molecular complexity index is 728. The first kappa shape index (κ1) is 14.5. The first-order valence-electron chi connectivity index (χ1n) is 5.78. The van der Waals surface area contributed by atoms with Crippen LogP contribution in [0.1, 0.15) is 15.3 Å². The maximum absolute atomic E-state index is 11.0. The van der Waals surface area contributed by atoms with E-state index in [0.29, 0.717) is 17.0 Å². The van der Waals surface area contributed by atoms with E-state index in [4.69, 9.17) is 10.4 Å². The monoisotopic (exact) mass is 307 g/mol. The molecule has 0 saturated carbocycles. The van der Waals surface area contributed by atoms with E-state index < -0.39 is 10.0 Å². The van der Waals surface area contributed by atoms with Gasteiger partial charge in [0.2, 0.25) is 10.0 Å². The standard InChI is InChI=1S/C13H13N3O2S2/c14-7-12-5-6-13(19-12)8-16-11-3-1-10(2-4-11)9-20(15,17)18/h1-6,16H,8-9H2,(H2,15,17,18). The van der Waals surface area contributed by atoms with Crippen LogP contribution in [0.4, 0.5) is 5.69 Å². The molecule has 0 spiro atoms. The highest BCUT2D eigenvalue weighted by Crippen LogP contribution is 2.18. The van der Waals surface area contributed by atoms with Gasteiger partial charge in [0.1, 0.15) is 10.9 Å². The second kappa shape index (κ2) is 6.05. The van der Waals surface area contributed by atoms with E-state index in [2.05, 4.69) is 11.4 Å². The number of hydrogen-bond acceptors (Lipinski definition) is 5. The number of nitriles is 1. The smallest absolute Gasteiger partial charge is 0.213 e. The Balaban J connectivity index is 1.95. The van der Waals surface area contributed by atoms with Gasteiger partial charge in [-0.05, 0) is 29.8 Å². The lowest BCUT2D eigenvalue weighted by atomic mass is 10.2. The van der Waals surface area contributed by atoms with E-state index in [1.54, 1.807) is 30.3 Å². The Morgan fingerprint density at radius 2 is 1.90 bits per heavy atom. The average molecular weight is 307 g/mol. The number of nitrogens with two attached hydrogens (primary N) is 1. The summed E-state index contributed by atoms with van der Waals surface area (Å²) in [6, 6.07) is 12.9. The maximum atomic E-state index is 11.0. The second-order valence-electron chi connectivity index (χ2n) is 4.24. The lowest BCUT2D eigenvalue weighted by Gasteiger charge is -2.06. The zero-order valence-corrected chi connectivity index (χ0v) is 12.2. The molecule has 0 amide bonds. The summed E-state index contributed by atoms with van der Waals surface area (Å²) in [5.74, 6) is -0.163. The molecule has 2 aromatic rings. The van der Waals surface area contributed by atoms with Crippen LogP contribution in [-0.2, 0) is 22.3 Å². The quantitative estimate of drug-likeness (QED) is 0.883. The number of sulfonamides is 1. The minimum Gasteiger partial charge on any atom is -0.380 e. The van der Waals surface area contributed by atoms with E-state index in [1.807, 2.05) is 6.07 Å². The molecular formula is C13H13N3O2S2. The number of thiophene rings is 1. The number of nitrogens with one attached hydrogen (secondary N) is 1. The predicted molar refractivity (Wildman–Crippen MR) is 79.6 cm³/mol. The summed E-state index contributed by atoms with van der Waals surface area (Å²) < 4.78 is 21.9. The van der Waals surface area contributed by atoms with Crippen LogP contribution in [0.25, 0.3) is 0 Å². The van der Waals surface area contributed by atoms with E-state index in [0.717, 1.165) is 10.6 Å². The molecule has 20 heavy (non-hydrogen) atoms. The summed E-state index contributed by atoms with van der Waals surface area (Å²) in [6.07, 6.45) is 0. The van der Waals surface area contributed by atoms with Gasteiger partial charge >= 0.3 is 0 Å². The molecule has 0 aliphatic carbocycles. The van der Waals surface area contributed by atoms with Crippen molar-refractivity contribution in [3.63, 3.8) is 0 Å². The molecule has 1 aromatic carbocycles. The van der Waals surface area contributed by atoms with E-state index in [-0.39, 0.29) is 5.75 Å². The van der Waals surface area contributed by atoms with Crippen molar-refractivity contribution in [2.24, 2.45) is 5.14 Å². The summed E-state index contributed by atoms with van der Waals surface area (Å²) in [5, 5.41) is 16.9. The highest BCUT2D eigenvalue weighted by Gasteiger charge is 2.05. The molecule has 0 bridgehead atoms. The van der Waals surface area contributed by atoms with E-state index in [9.17, 15) is 8.42 Å². The van der Waals surface area contributed by atoms with E-state index in [1.165, 1.54) is 11.3 Å². The third kappa shape index (κ3) is 4.35. The molecule has 0 fully saturated rings. The van der Waals surface area contributed by atoms with Crippen molar-refractivity contribution in [1.29, 1.82) is 5.26 Å². The number of hydrogen-bond donors (Lipinski definition) is 2. The Labute approximate surface area is 121 Å². The van der Waals surface area contributed by atoms with Gasteiger partial charge in [0.05, 0.1) is 5.75 Å². The summed E-state index contributed by atoms with van der Waals surface area (Å²) >= 11 is 1.44. The summed E-state index contributed by atoms with van der Waals surface area (Å²) in [4.78, 5) is 1.75. The highest BCUT2D eigenvalue weighted by atomic mass is 32.2. The zero-order chi connectivity index (χ0) is 14.6. The molecule has 7 heteroatoms. The number of primary sulfonamides is 1. The predicted octanol–water partition coefficient (Wildman–Crippen LogP) is 2.02. The van der Waals surface area contributed by atoms with Gasteiger partial charge in [-0.1, -0.05) is 12.1 Å². The normalized spacial score (nSPS) is 11.0. The molecule has 104 valence electrons. The Hall–Kier alpha value is -1.88. The van der Waals surface area contributed by atoms with Gasteiger partial charge in [-0.3, -0.25) is 0 Å². The van der Waals surface area contributed by atoms with Crippen molar-refractivity contribution >= 4 is 27.0 Å². The van der Waals surface area contributed by atoms with Gasteiger partial charge in [-0.25, -0.2) is 13.6 Å². The Morgan fingerprint density at radius 3 is 2.45 bits per heavy atom. The van der Waals surface area contributed by atoms with Gasteiger partial charge in [0.25, 0.3) is 0 Å². The molecule has 0 atom stereocenters. The third-order valence-electron chi connectivity index (χ3n) is 2.56. The fraction of sp³-hybridized carbons (Fsp3) is 0.154. The first-order valence-corrected chi connectivity index (χ1v) is 8.31. The van der Waals surface area contributed by atoms with Crippen LogP contribution in [0.2, 0.25) is 0 Å². The minimum absolute atomic E-state index is 0.163. The van der Waals surface area contributed by atoms with Crippen molar-refractivity contribution in [2.45, 2.75) is 12.3 Å². The number of anilines is 1. The van der Waals surface area contributed by atoms with Crippen molar-refractivity contribution in [3.8, 4) is 6.07 Å². The van der Waals surface area contributed by atoms with Crippen LogP contribution in [0, 0.1) is 11.3 Å². The van der Waals surface area contributed by atoms with Crippen LogP contribution in [-0.4, -0.2) is 8.42 Å². The molecule has 2 rings (SSSR count). The average Bonchev–Trinajstić information content (AvgIpc) is 2.84. The first-order chi connectivity index (χ1) is 9.46. The summed E-state index contributed by atoms with van der Waals surface area (Å²) in [6.45, 7) is 0.626. The molecule has 0 radical (unpaired) electrons. The molecule has 0 aliphatic rings. The maximum Gasteiger partial charge on any atom is 0.213 e. The van der Waals surface area contributed by atoms with Crippen molar-refractivity contribution in [1.82, 2.24) is 0 Å². The molecule has 5 nitrogen and oxygen atoms in total. The highest BCUT2D eigenvalue weighted by molar-refractivity contribution is 7.88. The molecular weight excluding hydrogens is 294 g/mol. The van der Waals surface area contributed by atoms with Crippen molar-refractivity contribution in [2.75, 3.05) is 5.32 Å². The van der Waals surface area contributed by atoms with Crippen LogP contribution in [0.15, 0.2) is 36.4 Å². The van der Waals surface area contributed by atoms with Gasteiger partial charge < -0.3 is 5.32 Å². The Kier molecular flexibility index (Phi) is 4.39. The van der Waals surface area contributed by atoms with Crippen LogP contribution < -0.4 is 10.5 Å².